The molecule has 9 nitrogen and oxygen atoms in total. The van der Waals surface area contributed by atoms with Crippen molar-refractivity contribution in [2.45, 2.75) is 38.6 Å². The summed E-state index contributed by atoms with van der Waals surface area (Å²) >= 11 is 0. The number of pyridine rings is 1. The molecule has 0 atom stereocenters. The van der Waals surface area contributed by atoms with Gasteiger partial charge in [-0.1, -0.05) is 54.5 Å². The highest BCUT2D eigenvalue weighted by Gasteiger charge is 2.23. The van der Waals surface area contributed by atoms with Crippen LogP contribution in [0.2, 0.25) is 0 Å². The zero-order valence-electron chi connectivity index (χ0n) is 21.9. The number of nitrogens with zero attached hydrogens (tertiary/aromatic N) is 3. The van der Waals surface area contributed by atoms with Gasteiger partial charge in [-0.05, 0) is 49.6 Å². The summed E-state index contributed by atoms with van der Waals surface area (Å²) < 4.78 is 34.2. The van der Waals surface area contributed by atoms with Crippen molar-refractivity contribution in [1.29, 1.82) is 0 Å². The number of rotatable bonds is 10. The fraction of sp³-hybridized carbons (Fsp3) is 0.250. The number of aromatic nitrogens is 2. The highest BCUT2D eigenvalue weighted by molar-refractivity contribution is 7.92. The minimum Gasteiger partial charge on any atom is -0.359 e. The first kappa shape index (κ1) is 26.9. The Hall–Kier alpha value is -4.18. The number of amides is 1. The average Bonchev–Trinajstić information content (AvgIpc) is 3.24. The minimum absolute atomic E-state index is 0.143. The van der Waals surface area contributed by atoms with Crippen LogP contribution in [-0.2, 0) is 16.6 Å². The molecular weight excluding hydrogens is 502 g/mol. The lowest BCUT2D eigenvalue weighted by molar-refractivity contribution is 0.0963. The van der Waals surface area contributed by atoms with E-state index in [2.05, 4.69) is 32.0 Å². The highest BCUT2D eigenvalue weighted by atomic mass is 32.2. The summed E-state index contributed by atoms with van der Waals surface area (Å²) in [4.78, 5) is 19.1. The van der Waals surface area contributed by atoms with Crippen molar-refractivity contribution < 1.29 is 17.7 Å². The Kier molecular flexibility index (Phi) is 8.11. The van der Waals surface area contributed by atoms with Crippen molar-refractivity contribution in [3.05, 3.63) is 89.3 Å². The lowest BCUT2D eigenvalue weighted by Gasteiger charge is -2.25. The van der Waals surface area contributed by atoms with Crippen LogP contribution >= 0.6 is 0 Å². The number of hydrogen-bond donors (Lipinski definition) is 2. The van der Waals surface area contributed by atoms with Crippen LogP contribution in [0, 0.1) is 13.8 Å². The number of anilines is 2. The van der Waals surface area contributed by atoms with Gasteiger partial charge in [-0.15, -0.1) is 0 Å². The van der Waals surface area contributed by atoms with E-state index >= 15 is 0 Å². The van der Waals surface area contributed by atoms with Gasteiger partial charge in [0.1, 0.15) is 11.6 Å². The van der Waals surface area contributed by atoms with Crippen LogP contribution in [-0.4, -0.2) is 38.1 Å². The van der Waals surface area contributed by atoms with Gasteiger partial charge in [0.05, 0.1) is 10.5 Å². The molecule has 0 saturated heterocycles. The van der Waals surface area contributed by atoms with Gasteiger partial charge in [0.2, 0.25) is 0 Å². The first-order chi connectivity index (χ1) is 18.2. The van der Waals surface area contributed by atoms with Crippen molar-refractivity contribution >= 4 is 27.6 Å². The second-order valence-corrected chi connectivity index (χ2v) is 10.5. The summed E-state index contributed by atoms with van der Waals surface area (Å²) in [5, 5.41) is 6.51. The van der Waals surface area contributed by atoms with Crippen LogP contribution in [0.1, 0.15) is 40.6 Å². The summed E-state index contributed by atoms with van der Waals surface area (Å²) in [6, 6.07) is 18.1. The van der Waals surface area contributed by atoms with E-state index in [9.17, 15) is 13.2 Å². The maximum atomic E-state index is 13.3. The zero-order chi connectivity index (χ0) is 27.3. The van der Waals surface area contributed by atoms with Gasteiger partial charge < -0.3 is 14.7 Å². The molecule has 10 heteroatoms. The number of carbonyl (C=O) groups excluding carboxylic acids is 1. The predicted molar refractivity (Wildman–Crippen MR) is 148 cm³/mol. The highest BCUT2D eigenvalue weighted by Crippen LogP contribution is 2.30. The molecule has 198 valence electrons. The monoisotopic (exact) mass is 533 g/mol. The summed E-state index contributed by atoms with van der Waals surface area (Å²) in [6.07, 6.45) is 2.56. The Balaban J connectivity index is 1.61. The van der Waals surface area contributed by atoms with Gasteiger partial charge in [0, 0.05) is 37.5 Å². The van der Waals surface area contributed by atoms with E-state index in [4.69, 9.17) is 4.52 Å². The number of aryl methyl sites for hydroxylation is 1. The van der Waals surface area contributed by atoms with Crippen LogP contribution < -0.4 is 14.9 Å². The largest absolute Gasteiger partial charge is 0.359 e. The lowest BCUT2D eigenvalue weighted by atomic mass is 10.0. The molecule has 0 radical (unpaired) electrons. The summed E-state index contributed by atoms with van der Waals surface area (Å²) in [7, 11) is -2.32. The second-order valence-electron chi connectivity index (χ2n) is 8.89. The van der Waals surface area contributed by atoms with E-state index < -0.39 is 10.0 Å². The molecule has 0 aliphatic rings. The third-order valence-corrected chi connectivity index (χ3v) is 7.65. The number of nitrogens with one attached hydrogen (secondary N) is 2. The molecule has 0 spiro atoms. The molecule has 0 bridgehead atoms. The lowest BCUT2D eigenvalue weighted by Crippen LogP contribution is -2.29. The normalized spacial score (nSPS) is 11.3. The van der Waals surface area contributed by atoms with Crippen LogP contribution in [0.15, 0.2) is 76.3 Å². The Labute approximate surface area is 222 Å². The summed E-state index contributed by atoms with van der Waals surface area (Å²) in [5.74, 6) is 1.16. The van der Waals surface area contributed by atoms with Crippen molar-refractivity contribution in [2.75, 3.05) is 23.2 Å². The van der Waals surface area contributed by atoms with E-state index in [-0.39, 0.29) is 16.6 Å². The van der Waals surface area contributed by atoms with Gasteiger partial charge in [0.15, 0.2) is 5.82 Å². The molecule has 0 fully saturated rings. The number of hydrogen-bond acceptors (Lipinski definition) is 7. The smallest absolute Gasteiger partial charge is 0.263 e. The fourth-order valence-corrected chi connectivity index (χ4v) is 5.42. The number of sulfonamides is 1. The van der Waals surface area contributed by atoms with E-state index in [1.54, 1.807) is 63.5 Å². The zero-order valence-corrected chi connectivity index (χ0v) is 22.7. The van der Waals surface area contributed by atoms with E-state index in [1.165, 1.54) is 0 Å². The van der Waals surface area contributed by atoms with E-state index in [0.717, 1.165) is 24.1 Å². The van der Waals surface area contributed by atoms with Crippen molar-refractivity contribution in [3.63, 3.8) is 0 Å². The Morgan fingerprint density at radius 1 is 1.03 bits per heavy atom. The second kappa shape index (κ2) is 11.5. The first-order valence-electron chi connectivity index (χ1n) is 12.3. The molecule has 4 rings (SSSR count). The van der Waals surface area contributed by atoms with Crippen molar-refractivity contribution in [3.8, 4) is 11.1 Å². The molecule has 2 aromatic heterocycles. The first-order valence-corrected chi connectivity index (χ1v) is 13.8. The van der Waals surface area contributed by atoms with E-state index in [0.29, 0.717) is 34.8 Å². The molecular formula is C28H31N5O4S. The average molecular weight is 534 g/mol. The minimum atomic E-state index is -3.92. The molecule has 2 aromatic carbocycles. The van der Waals surface area contributed by atoms with Crippen LogP contribution in [0.25, 0.3) is 11.1 Å². The van der Waals surface area contributed by atoms with Gasteiger partial charge in [-0.2, -0.15) is 0 Å². The maximum Gasteiger partial charge on any atom is 0.263 e. The Morgan fingerprint density at radius 3 is 2.42 bits per heavy atom. The number of benzene rings is 2. The summed E-state index contributed by atoms with van der Waals surface area (Å²) in [6.45, 7) is 6.81. The molecule has 4 aromatic rings. The Bertz CT molecular complexity index is 1530. The third-order valence-electron chi connectivity index (χ3n) is 6.25. The molecule has 1 amide bonds. The van der Waals surface area contributed by atoms with Crippen molar-refractivity contribution in [1.82, 2.24) is 15.5 Å². The fourth-order valence-electron chi connectivity index (χ4n) is 4.14. The van der Waals surface area contributed by atoms with Crippen LogP contribution in [0.3, 0.4) is 0 Å². The SMILES string of the molecule is CCCN(Cc1ccc(-c2ccccc2S(=O)(=O)Nc2noc(C)c2C)cc1)c1ncccc1C(=O)NC. The third kappa shape index (κ3) is 5.70. The standard InChI is InChI=1S/C28H31N5O4S/c1-5-17-33(27-24(28(34)29-4)10-8-16-30-27)18-21-12-14-22(15-13-21)23-9-6-7-11-25(23)38(35,36)32-26-19(2)20(3)37-31-26/h6-16H,5,17-18H2,1-4H3,(H,29,34)(H,31,32). The predicted octanol–water partition coefficient (Wildman–Crippen LogP) is 4.93. The molecule has 0 unspecified atom stereocenters. The molecule has 0 aliphatic heterocycles. The van der Waals surface area contributed by atoms with E-state index in [1.807, 2.05) is 24.3 Å². The maximum absolute atomic E-state index is 13.3. The molecule has 2 N–H and O–H groups in total. The van der Waals surface area contributed by atoms with Crippen LogP contribution in [0.5, 0.6) is 0 Å². The Morgan fingerprint density at radius 2 is 1.76 bits per heavy atom. The molecule has 0 saturated carbocycles. The quantitative estimate of drug-likeness (QED) is 0.297. The van der Waals surface area contributed by atoms with Crippen molar-refractivity contribution in [2.24, 2.45) is 0 Å². The molecule has 2 heterocycles. The molecule has 0 aliphatic carbocycles. The van der Waals surface area contributed by atoms with Gasteiger partial charge in [0.25, 0.3) is 15.9 Å². The molecule has 38 heavy (non-hydrogen) atoms. The van der Waals surface area contributed by atoms with Gasteiger partial charge in [-0.3, -0.25) is 9.52 Å². The topological polar surface area (TPSA) is 117 Å². The van der Waals surface area contributed by atoms with Crippen LogP contribution in [0.4, 0.5) is 11.6 Å². The summed E-state index contributed by atoms with van der Waals surface area (Å²) in [5.41, 5.74) is 3.49. The van der Waals surface area contributed by atoms with Gasteiger partial charge in [-0.25, -0.2) is 13.4 Å². The number of carbonyl (C=O) groups is 1. The van der Waals surface area contributed by atoms with Gasteiger partial charge >= 0.3 is 0 Å².